The van der Waals surface area contributed by atoms with Crippen LogP contribution in [0.5, 0.6) is 11.5 Å². The fourth-order valence-corrected chi connectivity index (χ4v) is 3.35. The zero-order chi connectivity index (χ0) is 21.5. The molecule has 30 heavy (non-hydrogen) atoms. The fourth-order valence-electron chi connectivity index (χ4n) is 2.46. The lowest BCUT2D eigenvalue weighted by molar-refractivity contribution is 0.0997. The number of primary amides is 1. The molecule has 0 fully saturated rings. The Morgan fingerprint density at radius 2 is 1.77 bits per heavy atom. The van der Waals surface area contributed by atoms with Crippen molar-refractivity contribution in [1.82, 2.24) is 4.98 Å². The van der Waals surface area contributed by atoms with E-state index in [0.717, 1.165) is 11.3 Å². The maximum Gasteiger partial charge on any atom is 0.270 e. The van der Waals surface area contributed by atoms with E-state index in [2.05, 4.69) is 15.6 Å². The molecule has 0 unspecified atom stereocenters. The molecule has 5 N–H and O–H groups in total. The van der Waals surface area contributed by atoms with E-state index < -0.39 is 11.8 Å². The number of thiazole rings is 1. The summed E-state index contributed by atoms with van der Waals surface area (Å²) in [5.41, 5.74) is 6.47. The smallest absolute Gasteiger partial charge is 0.270 e. The molecule has 1 heterocycles. The van der Waals surface area contributed by atoms with Gasteiger partial charge in [-0.1, -0.05) is 11.3 Å². The number of aliphatic hydroxyl groups is 1. The molecule has 10 heteroatoms. The van der Waals surface area contributed by atoms with Gasteiger partial charge >= 0.3 is 0 Å². The third-order valence-corrected chi connectivity index (χ3v) is 4.79. The first-order valence-corrected chi connectivity index (χ1v) is 9.68. The van der Waals surface area contributed by atoms with E-state index in [-0.39, 0.29) is 23.9 Å². The average Bonchev–Trinajstić information content (AvgIpc) is 3.15. The van der Waals surface area contributed by atoms with Crippen LogP contribution in [0.2, 0.25) is 0 Å². The number of nitrogens with one attached hydrogen (secondary N) is 2. The summed E-state index contributed by atoms with van der Waals surface area (Å²) in [6.07, 6.45) is 0. The Morgan fingerprint density at radius 1 is 1.10 bits per heavy atom. The number of nitrogens with zero attached hydrogens (tertiary/aromatic N) is 1. The van der Waals surface area contributed by atoms with E-state index in [1.807, 2.05) is 0 Å². The number of carbonyl (C=O) groups excluding carboxylic acids is 2. The summed E-state index contributed by atoms with van der Waals surface area (Å²) in [5, 5.41) is 15.2. The molecule has 3 aromatic rings. The summed E-state index contributed by atoms with van der Waals surface area (Å²) in [7, 11) is 1.54. The maximum absolute atomic E-state index is 12.5. The first kappa shape index (κ1) is 21.1. The van der Waals surface area contributed by atoms with E-state index in [9.17, 15) is 9.59 Å². The topological polar surface area (TPSA) is 136 Å². The van der Waals surface area contributed by atoms with Crippen LogP contribution in [-0.2, 0) is 0 Å². The highest BCUT2D eigenvalue weighted by Gasteiger charge is 2.19. The lowest BCUT2D eigenvalue weighted by atomic mass is 10.2. The Hall–Kier alpha value is -3.63. The van der Waals surface area contributed by atoms with E-state index in [4.69, 9.17) is 20.3 Å². The highest BCUT2D eigenvalue weighted by Crippen LogP contribution is 2.31. The molecule has 3 rings (SSSR count). The molecule has 0 aliphatic heterocycles. The molecular weight excluding hydrogens is 408 g/mol. The molecule has 0 aliphatic rings. The van der Waals surface area contributed by atoms with Crippen molar-refractivity contribution in [2.75, 3.05) is 31.0 Å². The van der Waals surface area contributed by atoms with Crippen LogP contribution in [0.15, 0.2) is 48.5 Å². The molecule has 9 nitrogen and oxygen atoms in total. The number of anilines is 3. The highest BCUT2D eigenvalue weighted by atomic mass is 32.1. The molecular formula is C20H20N4O5S. The Labute approximate surface area is 176 Å². The number of hydrogen-bond donors (Lipinski definition) is 4. The van der Waals surface area contributed by atoms with Gasteiger partial charge < -0.3 is 30.9 Å². The van der Waals surface area contributed by atoms with Gasteiger partial charge in [0.2, 0.25) is 0 Å². The average molecular weight is 428 g/mol. The Morgan fingerprint density at radius 3 is 2.37 bits per heavy atom. The van der Waals surface area contributed by atoms with Crippen LogP contribution in [0.3, 0.4) is 0 Å². The summed E-state index contributed by atoms with van der Waals surface area (Å²) in [4.78, 5) is 28.5. The molecule has 156 valence electrons. The first-order valence-electron chi connectivity index (χ1n) is 8.87. The van der Waals surface area contributed by atoms with Gasteiger partial charge in [0.25, 0.3) is 11.8 Å². The van der Waals surface area contributed by atoms with Gasteiger partial charge in [-0.25, -0.2) is 4.98 Å². The van der Waals surface area contributed by atoms with Crippen LogP contribution in [0.4, 0.5) is 15.8 Å². The number of carbonyl (C=O) groups is 2. The zero-order valence-corrected chi connectivity index (χ0v) is 16.9. The maximum atomic E-state index is 12.5. The summed E-state index contributed by atoms with van der Waals surface area (Å²) >= 11 is 1.09. The van der Waals surface area contributed by atoms with Crippen molar-refractivity contribution in [2.45, 2.75) is 0 Å². The minimum Gasteiger partial charge on any atom is -0.497 e. The SMILES string of the molecule is COc1ccc(C(=O)Nc2sc(Nc3ccc(OCCO)cc3)nc2C(N)=O)cc1. The molecule has 2 amide bonds. The predicted octanol–water partition coefficient (Wildman–Crippen LogP) is 2.62. The van der Waals surface area contributed by atoms with Crippen LogP contribution in [0.25, 0.3) is 0 Å². The predicted molar refractivity (Wildman–Crippen MR) is 114 cm³/mol. The minimum atomic E-state index is -0.753. The largest absolute Gasteiger partial charge is 0.497 e. The van der Waals surface area contributed by atoms with E-state index in [0.29, 0.717) is 27.9 Å². The number of aromatic nitrogens is 1. The number of aliphatic hydroxyl groups excluding tert-OH is 1. The molecule has 0 saturated carbocycles. The van der Waals surface area contributed by atoms with Crippen molar-refractivity contribution in [2.24, 2.45) is 5.73 Å². The van der Waals surface area contributed by atoms with Crippen molar-refractivity contribution in [3.8, 4) is 11.5 Å². The number of rotatable bonds is 9. The molecule has 2 aromatic carbocycles. The molecule has 0 spiro atoms. The van der Waals surface area contributed by atoms with Crippen LogP contribution in [-0.4, -0.2) is 42.2 Å². The number of nitrogens with two attached hydrogens (primary N) is 1. The molecule has 0 bridgehead atoms. The molecule has 0 aliphatic carbocycles. The quantitative estimate of drug-likeness (QED) is 0.411. The van der Waals surface area contributed by atoms with Crippen molar-refractivity contribution in [3.05, 3.63) is 59.8 Å². The van der Waals surface area contributed by atoms with Gasteiger partial charge in [0.05, 0.1) is 13.7 Å². The standard InChI is InChI=1S/C20H20N4O5S/c1-28-14-6-2-12(3-7-14)18(27)24-19-16(17(21)26)23-20(30-19)22-13-4-8-15(9-5-13)29-11-10-25/h2-9,25H,10-11H2,1H3,(H2,21,26)(H,22,23)(H,24,27). The van der Waals surface area contributed by atoms with Gasteiger partial charge in [-0.15, -0.1) is 0 Å². The van der Waals surface area contributed by atoms with Crippen LogP contribution >= 0.6 is 11.3 Å². The normalized spacial score (nSPS) is 10.3. The van der Waals surface area contributed by atoms with Gasteiger partial charge in [-0.3, -0.25) is 9.59 Å². The van der Waals surface area contributed by atoms with Gasteiger partial charge in [-0.05, 0) is 48.5 Å². The van der Waals surface area contributed by atoms with Crippen LogP contribution in [0, 0.1) is 0 Å². The minimum absolute atomic E-state index is 0.0349. The number of hydrogen-bond acceptors (Lipinski definition) is 8. The van der Waals surface area contributed by atoms with Gasteiger partial charge in [0, 0.05) is 11.3 Å². The van der Waals surface area contributed by atoms with Crippen molar-refractivity contribution in [3.63, 3.8) is 0 Å². The zero-order valence-electron chi connectivity index (χ0n) is 16.0. The number of amides is 2. The molecule has 0 atom stereocenters. The monoisotopic (exact) mass is 428 g/mol. The fraction of sp³-hybridized carbons (Fsp3) is 0.150. The van der Waals surface area contributed by atoms with Gasteiger partial charge in [-0.2, -0.15) is 0 Å². The summed E-state index contributed by atoms with van der Waals surface area (Å²) in [6, 6.07) is 13.5. The number of benzene rings is 2. The number of methoxy groups -OCH3 is 1. The van der Waals surface area contributed by atoms with E-state index in [1.54, 1.807) is 48.5 Å². The Bertz CT molecular complexity index is 1020. The lowest BCUT2D eigenvalue weighted by Crippen LogP contribution is -2.17. The Balaban J connectivity index is 1.74. The second-order valence-corrected chi connectivity index (χ2v) is 6.96. The highest BCUT2D eigenvalue weighted by molar-refractivity contribution is 7.20. The third-order valence-electron chi connectivity index (χ3n) is 3.91. The first-order chi connectivity index (χ1) is 14.5. The lowest BCUT2D eigenvalue weighted by Gasteiger charge is -2.06. The second kappa shape index (κ2) is 9.72. The summed E-state index contributed by atoms with van der Waals surface area (Å²) < 4.78 is 10.4. The molecule has 0 saturated heterocycles. The van der Waals surface area contributed by atoms with Crippen molar-refractivity contribution < 1.29 is 24.2 Å². The Kier molecular flexibility index (Phi) is 6.83. The van der Waals surface area contributed by atoms with Crippen molar-refractivity contribution >= 4 is 39.0 Å². The third kappa shape index (κ3) is 5.25. The van der Waals surface area contributed by atoms with Gasteiger partial charge in [0.1, 0.15) is 23.1 Å². The number of ether oxygens (including phenoxy) is 2. The summed E-state index contributed by atoms with van der Waals surface area (Å²) in [6.45, 7) is 0.137. The second-order valence-electron chi connectivity index (χ2n) is 5.97. The van der Waals surface area contributed by atoms with Crippen LogP contribution < -0.4 is 25.8 Å². The summed E-state index contributed by atoms with van der Waals surface area (Å²) in [5.74, 6) is 0.0817. The molecule has 1 aromatic heterocycles. The van der Waals surface area contributed by atoms with Crippen molar-refractivity contribution in [1.29, 1.82) is 0 Å². The van der Waals surface area contributed by atoms with E-state index >= 15 is 0 Å². The molecule has 0 radical (unpaired) electrons. The van der Waals surface area contributed by atoms with Gasteiger partial charge in [0.15, 0.2) is 10.8 Å². The van der Waals surface area contributed by atoms with Crippen LogP contribution in [0.1, 0.15) is 20.8 Å². The van der Waals surface area contributed by atoms with E-state index in [1.165, 1.54) is 7.11 Å².